The smallest absolute Gasteiger partial charge is 0.168 e. The number of benzene rings is 1. The van der Waals surface area contributed by atoms with Gasteiger partial charge in [-0.2, -0.15) is 0 Å². The highest BCUT2D eigenvalue weighted by atomic mass is 32.2. The third-order valence-corrected chi connectivity index (χ3v) is 6.46. The van der Waals surface area contributed by atoms with E-state index >= 15 is 0 Å². The van der Waals surface area contributed by atoms with E-state index in [1.165, 1.54) is 36.3 Å². The van der Waals surface area contributed by atoms with E-state index in [-0.39, 0.29) is 0 Å². The molecule has 0 aliphatic carbocycles. The van der Waals surface area contributed by atoms with Crippen molar-refractivity contribution < 1.29 is 0 Å². The fraction of sp³-hybridized carbons (Fsp3) is 0.353. The zero-order valence-electron chi connectivity index (χ0n) is 12.5. The Bertz CT molecular complexity index is 783. The third kappa shape index (κ3) is 2.12. The molecule has 3 heterocycles. The molecule has 1 aromatic carbocycles. The topological polar surface area (TPSA) is 15.6 Å². The highest BCUT2D eigenvalue weighted by molar-refractivity contribution is 8.17. The predicted octanol–water partition coefficient (Wildman–Crippen LogP) is 4.95. The summed E-state index contributed by atoms with van der Waals surface area (Å²) in [6.07, 6.45) is 0. The molecule has 1 aromatic heterocycles. The molecule has 0 radical (unpaired) electrons. The number of allylic oxidation sites excluding steroid dienone is 1. The number of amidine groups is 1. The minimum Gasteiger partial charge on any atom is -0.317 e. The maximum absolute atomic E-state index is 4.64. The van der Waals surface area contributed by atoms with Gasteiger partial charge in [-0.3, -0.25) is 4.99 Å². The minimum atomic E-state index is 0.547. The zero-order valence-corrected chi connectivity index (χ0v) is 14.1. The van der Waals surface area contributed by atoms with Gasteiger partial charge in [0.15, 0.2) is 5.17 Å². The van der Waals surface area contributed by atoms with Gasteiger partial charge in [0.2, 0.25) is 0 Å². The van der Waals surface area contributed by atoms with Crippen molar-refractivity contribution in [3.8, 4) is 0 Å². The Morgan fingerprint density at radius 1 is 1.24 bits per heavy atom. The highest BCUT2D eigenvalue weighted by Crippen LogP contribution is 2.47. The zero-order chi connectivity index (χ0) is 14.6. The fourth-order valence-corrected chi connectivity index (χ4v) is 5.39. The Balaban J connectivity index is 1.88. The van der Waals surface area contributed by atoms with Gasteiger partial charge in [0, 0.05) is 16.1 Å². The quantitative estimate of drug-likeness (QED) is 0.779. The monoisotopic (exact) mass is 314 g/mol. The molecule has 0 amide bonds. The minimum absolute atomic E-state index is 0.547. The number of thioether (sulfide) groups is 1. The van der Waals surface area contributed by atoms with Gasteiger partial charge in [-0.05, 0) is 35.9 Å². The fourth-order valence-electron chi connectivity index (χ4n) is 2.90. The summed E-state index contributed by atoms with van der Waals surface area (Å²) in [5, 5.41) is 2.55. The van der Waals surface area contributed by atoms with Crippen molar-refractivity contribution >= 4 is 44.0 Å². The van der Waals surface area contributed by atoms with E-state index < -0.39 is 0 Å². The van der Waals surface area contributed by atoms with Crippen molar-refractivity contribution in [1.82, 2.24) is 4.90 Å². The summed E-state index contributed by atoms with van der Waals surface area (Å²) in [6, 6.07) is 9.07. The molecule has 0 bridgehead atoms. The van der Waals surface area contributed by atoms with Crippen LogP contribution in [0.3, 0.4) is 0 Å². The first-order chi connectivity index (χ1) is 10.1. The van der Waals surface area contributed by atoms with Crippen LogP contribution in [0.2, 0.25) is 0 Å². The molecule has 0 atom stereocenters. The number of aliphatic imine (C=N–C) groups is 1. The Labute approximate surface area is 133 Å². The molecule has 21 heavy (non-hydrogen) atoms. The molecule has 0 saturated heterocycles. The van der Waals surface area contributed by atoms with Crippen molar-refractivity contribution in [1.29, 1.82) is 0 Å². The van der Waals surface area contributed by atoms with Crippen molar-refractivity contribution in [2.45, 2.75) is 20.8 Å². The lowest BCUT2D eigenvalue weighted by Crippen LogP contribution is -2.19. The lowest BCUT2D eigenvalue weighted by Gasteiger charge is -2.16. The second kappa shape index (κ2) is 4.89. The molecular formula is C17H18N2S2. The van der Waals surface area contributed by atoms with Crippen molar-refractivity contribution in [3.63, 3.8) is 0 Å². The van der Waals surface area contributed by atoms with Crippen LogP contribution >= 0.6 is 23.1 Å². The van der Waals surface area contributed by atoms with Gasteiger partial charge in [0.25, 0.3) is 0 Å². The van der Waals surface area contributed by atoms with E-state index in [1.807, 2.05) is 23.1 Å². The highest BCUT2D eigenvalue weighted by Gasteiger charge is 2.34. The van der Waals surface area contributed by atoms with E-state index in [0.717, 1.165) is 13.1 Å². The van der Waals surface area contributed by atoms with Gasteiger partial charge in [0.05, 0.1) is 17.1 Å². The second-order valence-corrected chi connectivity index (χ2v) is 8.03. The molecule has 2 nitrogen and oxygen atoms in total. The van der Waals surface area contributed by atoms with Crippen LogP contribution in [0.5, 0.6) is 0 Å². The normalized spacial score (nSPS) is 18.1. The number of fused-ring (bicyclic) bond motifs is 2. The molecule has 4 rings (SSSR count). The molecule has 4 heteroatoms. The molecule has 108 valence electrons. The van der Waals surface area contributed by atoms with Gasteiger partial charge in [0.1, 0.15) is 0 Å². The van der Waals surface area contributed by atoms with Crippen LogP contribution in [-0.4, -0.2) is 23.2 Å². The average molecular weight is 314 g/mol. The summed E-state index contributed by atoms with van der Waals surface area (Å²) < 4.78 is 1.38. The second-order valence-electron chi connectivity index (χ2n) is 5.94. The average Bonchev–Trinajstić information content (AvgIpc) is 3.09. The molecule has 2 aliphatic heterocycles. The van der Waals surface area contributed by atoms with E-state index in [0.29, 0.717) is 5.92 Å². The first kappa shape index (κ1) is 13.4. The molecule has 0 N–H and O–H groups in total. The molecular weight excluding hydrogens is 296 g/mol. The first-order valence-electron chi connectivity index (χ1n) is 7.38. The first-order valence-corrected chi connectivity index (χ1v) is 9.01. The van der Waals surface area contributed by atoms with E-state index in [2.05, 4.69) is 54.9 Å². The molecule has 2 aliphatic rings. The maximum atomic E-state index is 4.64. The Morgan fingerprint density at radius 3 is 2.90 bits per heavy atom. The maximum Gasteiger partial charge on any atom is 0.168 e. The Morgan fingerprint density at radius 2 is 2.10 bits per heavy atom. The largest absolute Gasteiger partial charge is 0.317 e. The van der Waals surface area contributed by atoms with Crippen molar-refractivity contribution in [2.24, 2.45) is 10.9 Å². The molecule has 0 saturated carbocycles. The summed E-state index contributed by atoms with van der Waals surface area (Å²) in [5.41, 5.74) is 2.74. The van der Waals surface area contributed by atoms with Crippen LogP contribution < -0.4 is 0 Å². The number of thiophene rings is 1. The summed E-state index contributed by atoms with van der Waals surface area (Å²) in [7, 11) is 0. The number of nitrogens with zero attached hydrogens (tertiary/aromatic N) is 2. The van der Waals surface area contributed by atoms with Gasteiger partial charge in [-0.15, -0.1) is 11.3 Å². The number of aryl methyl sites for hydroxylation is 1. The predicted molar refractivity (Wildman–Crippen MR) is 94.9 cm³/mol. The Hall–Kier alpha value is -1.26. The molecule has 2 aromatic rings. The van der Waals surface area contributed by atoms with Crippen molar-refractivity contribution in [2.75, 3.05) is 13.1 Å². The van der Waals surface area contributed by atoms with Crippen LogP contribution in [0, 0.1) is 12.8 Å². The summed E-state index contributed by atoms with van der Waals surface area (Å²) in [4.78, 5) is 9.91. The number of rotatable bonds is 2. The van der Waals surface area contributed by atoms with E-state index in [9.17, 15) is 0 Å². The number of hydrogen-bond donors (Lipinski definition) is 0. The SMILES string of the molecule is Cc1ccc2cc(C3=C(C(C)C)SC4=NCCN43)sc2c1. The van der Waals surface area contributed by atoms with Crippen LogP contribution in [0.1, 0.15) is 24.3 Å². The van der Waals surface area contributed by atoms with Gasteiger partial charge in [-0.1, -0.05) is 37.7 Å². The lowest BCUT2D eigenvalue weighted by molar-refractivity contribution is 0.642. The Kier molecular flexibility index (Phi) is 3.12. The molecule has 0 unspecified atom stereocenters. The van der Waals surface area contributed by atoms with Crippen LogP contribution in [-0.2, 0) is 0 Å². The van der Waals surface area contributed by atoms with Crippen LogP contribution in [0.15, 0.2) is 34.2 Å². The van der Waals surface area contributed by atoms with Crippen LogP contribution in [0.4, 0.5) is 0 Å². The van der Waals surface area contributed by atoms with E-state index in [4.69, 9.17) is 0 Å². The summed E-state index contributed by atoms with van der Waals surface area (Å²) in [6.45, 7) is 8.68. The third-order valence-electron chi connectivity index (χ3n) is 3.94. The summed E-state index contributed by atoms with van der Waals surface area (Å²) in [5.74, 6) is 0.547. The molecule has 0 spiro atoms. The van der Waals surface area contributed by atoms with Gasteiger partial charge in [-0.25, -0.2) is 0 Å². The van der Waals surface area contributed by atoms with E-state index in [1.54, 1.807) is 0 Å². The van der Waals surface area contributed by atoms with Crippen molar-refractivity contribution in [3.05, 3.63) is 39.6 Å². The summed E-state index contributed by atoms with van der Waals surface area (Å²) >= 11 is 3.78. The lowest BCUT2D eigenvalue weighted by atomic mass is 10.1. The van der Waals surface area contributed by atoms with Gasteiger partial charge < -0.3 is 4.90 Å². The molecule has 0 fully saturated rings. The standard InChI is InChI=1S/C17H18N2S2/c1-10(2)16-15(19-7-6-18-17(19)21-16)14-9-12-5-4-11(3)8-13(12)20-14/h4-5,8-10H,6-7H2,1-3H3. The number of hydrogen-bond acceptors (Lipinski definition) is 4. The van der Waals surface area contributed by atoms with Crippen LogP contribution in [0.25, 0.3) is 15.8 Å². The van der Waals surface area contributed by atoms with Gasteiger partial charge >= 0.3 is 0 Å².